The maximum Gasteiger partial charge on any atom is 0.352 e. The van der Waals surface area contributed by atoms with Gasteiger partial charge in [-0.15, -0.1) is 0 Å². The Bertz CT molecular complexity index is 1220. The SMILES string of the molecule is COc1ccc(C)c2c1O[C@H]1C(OC(=O)[C@H](C)OC(=O)[C@@H](N)CCC(=O)O)=CC[C@@]3(O)[C@H]4C(CN4C)C[C@]213. The van der Waals surface area contributed by atoms with Crippen molar-refractivity contribution in [2.75, 3.05) is 20.7 Å². The van der Waals surface area contributed by atoms with Crippen molar-refractivity contribution in [3.8, 4) is 11.5 Å². The van der Waals surface area contributed by atoms with E-state index in [1.54, 1.807) is 13.2 Å². The van der Waals surface area contributed by atoms with Gasteiger partial charge in [-0.25, -0.2) is 4.79 Å². The number of carbonyl (C=O) groups excluding carboxylic acids is 2. The van der Waals surface area contributed by atoms with E-state index in [0.717, 1.165) is 17.7 Å². The van der Waals surface area contributed by atoms with Crippen molar-refractivity contribution < 1.29 is 43.5 Å². The van der Waals surface area contributed by atoms with Gasteiger partial charge in [0.15, 0.2) is 23.7 Å². The molecule has 1 aromatic rings. The third-order valence-electron chi connectivity index (χ3n) is 8.66. The third-order valence-corrected chi connectivity index (χ3v) is 8.66. The van der Waals surface area contributed by atoms with Crippen LogP contribution in [0.25, 0.3) is 0 Å². The Kier molecular flexibility index (Phi) is 6.44. The number of carboxylic acid groups (broad SMARTS) is 1. The molecule has 206 valence electrons. The molecule has 0 radical (unpaired) electrons. The second-order valence-electron chi connectivity index (χ2n) is 10.9. The van der Waals surface area contributed by atoms with E-state index in [2.05, 4.69) is 4.90 Å². The van der Waals surface area contributed by atoms with Crippen LogP contribution in [0.4, 0.5) is 0 Å². The second-order valence-corrected chi connectivity index (χ2v) is 10.9. The molecule has 1 saturated carbocycles. The van der Waals surface area contributed by atoms with Gasteiger partial charge >= 0.3 is 17.9 Å². The lowest BCUT2D eigenvalue weighted by Gasteiger charge is -2.52. The van der Waals surface area contributed by atoms with Crippen LogP contribution in [0.2, 0.25) is 0 Å². The van der Waals surface area contributed by atoms with Crippen LogP contribution in [0, 0.1) is 12.8 Å². The Balaban J connectivity index is 1.42. The van der Waals surface area contributed by atoms with E-state index in [-0.39, 0.29) is 37.0 Å². The van der Waals surface area contributed by atoms with Crippen molar-refractivity contribution in [2.24, 2.45) is 11.7 Å². The van der Waals surface area contributed by atoms with Gasteiger partial charge in [-0.3, -0.25) is 14.5 Å². The Hall–Kier alpha value is -3.15. The van der Waals surface area contributed by atoms with E-state index in [1.165, 1.54) is 6.92 Å². The number of nitrogens with zero attached hydrogens (tertiary/aromatic N) is 1. The maximum atomic E-state index is 13.0. The molecule has 1 unspecified atom stereocenters. The summed E-state index contributed by atoms with van der Waals surface area (Å²) in [5.74, 6) is -1.23. The molecular formula is C27H34N2O9. The van der Waals surface area contributed by atoms with Crippen LogP contribution >= 0.6 is 0 Å². The monoisotopic (exact) mass is 530 g/mol. The molecule has 11 heteroatoms. The Morgan fingerprint density at radius 2 is 2.03 bits per heavy atom. The lowest BCUT2D eigenvalue weighted by atomic mass is 9.60. The number of benzene rings is 1. The van der Waals surface area contributed by atoms with Crippen molar-refractivity contribution in [1.82, 2.24) is 4.90 Å². The molecule has 4 aliphatic rings. The summed E-state index contributed by atoms with van der Waals surface area (Å²) in [5, 5.41) is 21.1. The topological polar surface area (TPSA) is 158 Å². The summed E-state index contributed by atoms with van der Waals surface area (Å²) < 4.78 is 23.0. The number of rotatable bonds is 8. The molecule has 0 aromatic heterocycles. The van der Waals surface area contributed by atoms with Gasteiger partial charge in [0, 0.05) is 31.0 Å². The molecule has 1 spiro atoms. The van der Waals surface area contributed by atoms with Crippen LogP contribution in [0.3, 0.4) is 0 Å². The van der Waals surface area contributed by atoms with Crippen molar-refractivity contribution in [1.29, 1.82) is 0 Å². The highest BCUT2D eigenvalue weighted by Gasteiger charge is 2.76. The summed E-state index contributed by atoms with van der Waals surface area (Å²) in [4.78, 5) is 38.2. The fourth-order valence-corrected chi connectivity index (χ4v) is 7.05. The largest absolute Gasteiger partial charge is 0.493 e. The number of methoxy groups -OCH3 is 1. The molecular weight excluding hydrogens is 496 g/mol. The predicted octanol–water partition coefficient (Wildman–Crippen LogP) is 1.02. The van der Waals surface area contributed by atoms with Gasteiger partial charge in [-0.2, -0.15) is 0 Å². The molecule has 0 bridgehead atoms. The number of ether oxygens (including phenoxy) is 4. The van der Waals surface area contributed by atoms with E-state index in [1.807, 2.05) is 26.1 Å². The molecule has 5 rings (SSSR count). The lowest BCUT2D eigenvalue weighted by Crippen LogP contribution is -2.67. The Labute approximate surface area is 220 Å². The average molecular weight is 531 g/mol. The third kappa shape index (κ3) is 3.70. The number of aliphatic carboxylic acids is 1. The van der Waals surface area contributed by atoms with Gasteiger partial charge in [-0.1, -0.05) is 6.07 Å². The highest BCUT2D eigenvalue weighted by atomic mass is 16.6. The number of fused-ring (bicyclic) bond motifs is 3. The number of nitrogens with two attached hydrogens (primary N) is 1. The normalized spacial score (nSPS) is 32.3. The first-order valence-corrected chi connectivity index (χ1v) is 12.8. The standard InChI is InChI=1S/C27H34N2O9/c1-13-5-7-17(35-4)21-20(13)26-11-15-12-29(3)22(15)27(26,34)10-9-18(23(26)38-21)37-24(32)14(2)36-25(33)16(28)6-8-19(30)31/h5,7,9,14-16,22-23,34H,6,8,10-12,28H2,1-4H3,(H,30,31)/t14-,15?,16-,22+,23-,26-,27+/m0/s1. The molecule has 0 amide bonds. The van der Waals surface area contributed by atoms with E-state index in [0.29, 0.717) is 17.9 Å². The number of esters is 2. The summed E-state index contributed by atoms with van der Waals surface area (Å²) in [5.41, 5.74) is 5.53. The first-order valence-electron chi connectivity index (χ1n) is 12.8. The van der Waals surface area contributed by atoms with E-state index in [9.17, 15) is 19.5 Å². The summed E-state index contributed by atoms with van der Waals surface area (Å²) >= 11 is 0. The van der Waals surface area contributed by atoms with E-state index in [4.69, 9.17) is 29.8 Å². The van der Waals surface area contributed by atoms with Crippen molar-refractivity contribution in [3.05, 3.63) is 35.1 Å². The van der Waals surface area contributed by atoms with Crippen molar-refractivity contribution >= 4 is 17.9 Å². The van der Waals surface area contributed by atoms with Crippen molar-refractivity contribution in [3.63, 3.8) is 0 Å². The number of likely N-dealkylation sites (tertiary alicyclic amines) is 1. The van der Waals surface area contributed by atoms with Crippen LogP contribution in [0.5, 0.6) is 11.5 Å². The number of carbonyl (C=O) groups is 3. The van der Waals surface area contributed by atoms with Gasteiger partial charge in [0.25, 0.3) is 0 Å². The molecule has 2 fully saturated rings. The first-order chi connectivity index (χ1) is 17.9. The fraction of sp³-hybridized carbons (Fsp3) is 0.593. The minimum Gasteiger partial charge on any atom is -0.493 e. The number of aliphatic hydroxyl groups is 1. The number of hydrogen-bond donors (Lipinski definition) is 3. The minimum absolute atomic E-state index is 0.0641. The molecule has 2 aliphatic carbocycles. The van der Waals surface area contributed by atoms with E-state index >= 15 is 0 Å². The summed E-state index contributed by atoms with van der Waals surface area (Å²) in [6.07, 6.45) is 0.113. The molecule has 7 atom stereocenters. The van der Waals surface area contributed by atoms with Crippen LogP contribution in [-0.4, -0.2) is 83.6 Å². The van der Waals surface area contributed by atoms with Gasteiger partial charge in [-0.05, 0) is 57.4 Å². The zero-order chi connectivity index (χ0) is 27.6. The molecule has 4 N–H and O–H groups in total. The Morgan fingerprint density at radius 1 is 1.29 bits per heavy atom. The number of aryl methyl sites for hydroxylation is 1. The van der Waals surface area contributed by atoms with Crippen LogP contribution in [-0.2, 0) is 29.3 Å². The molecule has 1 saturated heterocycles. The van der Waals surface area contributed by atoms with Gasteiger partial charge in [0.2, 0.25) is 0 Å². The molecule has 11 nitrogen and oxygen atoms in total. The predicted molar refractivity (Wildman–Crippen MR) is 132 cm³/mol. The molecule has 1 aromatic carbocycles. The fourth-order valence-electron chi connectivity index (χ4n) is 7.05. The molecule has 38 heavy (non-hydrogen) atoms. The first kappa shape index (κ1) is 26.5. The summed E-state index contributed by atoms with van der Waals surface area (Å²) in [6.45, 7) is 4.19. The molecule has 2 aliphatic heterocycles. The maximum absolute atomic E-state index is 13.0. The highest BCUT2D eigenvalue weighted by Crippen LogP contribution is 2.68. The smallest absolute Gasteiger partial charge is 0.352 e. The zero-order valence-corrected chi connectivity index (χ0v) is 21.9. The second kappa shape index (κ2) is 9.25. The summed E-state index contributed by atoms with van der Waals surface area (Å²) in [6, 6.07) is 2.52. The van der Waals surface area contributed by atoms with E-state index < -0.39 is 47.2 Å². The molecule has 2 heterocycles. The number of carboxylic acids is 1. The average Bonchev–Trinajstić information content (AvgIpc) is 3.31. The zero-order valence-electron chi connectivity index (χ0n) is 21.9. The van der Waals surface area contributed by atoms with Gasteiger partial charge < -0.3 is 34.9 Å². The quantitative estimate of drug-likeness (QED) is 0.412. The van der Waals surface area contributed by atoms with Crippen molar-refractivity contribution in [2.45, 2.75) is 74.8 Å². The lowest BCUT2D eigenvalue weighted by molar-refractivity contribution is -0.167. The number of hydrogen-bond acceptors (Lipinski definition) is 10. The van der Waals surface area contributed by atoms with Crippen LogP contribution in [0.1, 0.15) is 43.7 Å². The van der Waals surface area contributed by atoms with Gasteiger partial charge in [0.1, 0.15) is 11.8 Å². The number of likely N-dealkylation sites (N-methyl/N-ethyl adjacent to an activating group) is 1. The van der Waals surface area contributed by atoms with Crippen LogP contribution < -0.4 is 15.2 Å². The Morgan fingerprint density at radius 3 is 2.68 bits per heavy atom. The van der Waals surface area contributed by atoms with Gasteiger partial charge in [0.05, 0.1) is 18.1 Å². The highest BCUT2D eigenvalue weighted by molar-refractivity contribution is 5.82. The minimum atomic E-state index is -1.29. The van der Waals surface area contributed by atoms with Crippen LogP contribution in [0.15, 0.2) is 24.0 Å². The summed E-state index contributed by atoms with van der Waals surface area (Å²) in [7, 11) is 3.55.